The molecule has 0 radical (unpaired) electrons. The molecule has 1 unspecified atom stereocenters. The molecule has 1 aliphatic rings. The third-order valence-electron chi connectivity index (χ3n) is 3.80. The fourth-order valence-electron chi connectivity index (χ4n) is 2.51. The lowest BCUT2D eigenvalue weighted by Crippen LogP contribution is -2.50. The summed E-state index contributed by atoms with van der Waals surface area (Å²) in [5.74, 6) is 0. The van der Waals surface area contributed by atoms with Crippen LogP contribution in [0, 0.1) is 0 Å². The van der Waals surface area contributed by atoms with Gasteiger partial charge in [-0.25, -0.2) is 0 Å². The van der Waals surface area contributed by atoms with E-state index in [1.54, 1.807) is 6.08 Å². The Balaban J connectivity index is 1.98. The molecule has 0 saturated carbocycles. The van der Waals surface area contributed by atoms with Crippen molar-refractivity contribution in [1.82, 2.24) is 4.90 Å². The Morgan fingerprint density at radius 1 is 1.14 bits per heavy atom. The van der Waals surface area contributed by atoms with Crippen LogP contribution in [0.5, 0.6) is 0 Å². The SMILES string of the molecule is C=CC(CO)N1CCN(c2ccc(C(F)(F)F)cc2)CC1. The van der Waals surface area contributed by atoms with Gasteiger partial charge in [-0.1, -0.05) is 6.08 Å². The molecule has 1 aromatic carbocycles. The fraction of sp³-hybridized carbons (Fsp3) is 0.467. The number of halogens is 3. The van der Waals surface area contributed by atoms with E-state index in [4.69, 9.17) is 0 Å². The van der Waals surface area contributed by atoms with Crippen molar-refractivity contribution in [2.45, 2.75) is 12.2 Å². The highest BCUT2D eigenvalue weighted by molar-refractivity contribution is 5.48. The number of alkyl halides is 3. The van der Waals surface area contributed by atoms with E-state index in [2.05, 4.69) is 11.5 Å². The highest BCUT2D eigenvalue weighted by Gasteiger charge is 2.30. The predicted molar refractivity (Wildman–Crippen MR) is 76.3 cm³/mol. The highest BCUT2D eigenvalue weighted by Crippen LogP contribution is 2.30. The zero-order valence-corrected chi connectivity index (χ0v) is 11.7. The summed E-state index contributed by atoms with van der Waals surface area (Å²) in [5.41, 5.74) is 0.165. The quantitative estimate of drug-likeness (QED) is 0.865. The second-order valence-electron chi connectivity index (χ2n) is 5.05. The lowest BCUT2D eigenvalue weighted by molar-refractivity contribution is -0.137. The molecular formula is C15H19F3N2O. The van der Waals surface area contributed by atoms with Crippen LogP contribution in [0.1, 0.15) is 5.56 Å². The number of hydrogen-bond acceptors (Lipinski definition) is 3. The second-order valence-corrected chi connectivity index (χ2v) is 5.05. The molecule has 6 heteroatoms. The summed E-state index contributed by atoms with van der Waals surface area (Å²) >= 11 is 0. The van der Waals surface area contributed by atoms with E-state index in [9.17, 15) is 18.3 Å². The minimum absolute atomic E-state index is 0.0315. The Kier molecular flexibility index (Phi) is 4.90. The van der Waals surface area contributed by atoms with Gasteiger partial charge in [-0.05, 0) is 24.3 Å². The molecule has 21 heavy (non-hydrogen) atoms. The summed E-state index contributed by atoms with van der Waals surface area (Å²) in [6.07, 6.45) is -2.58. The van der Waals surface area contributed by atoms with Gasteiger partial charge in [-0.2, -0.15) is 13.2 Å². The van der Waals surface area contributed by atoms with Gasteiger partial charge in [0.15, 0.2) is 0 Å². The molecule has 1 atom stereocenters. The molecule has 116 valence electrons. The van der Waals surface area contributed by atoms with Crippen LogP contribution in [-0.4, -0.2) is 48.8 Å². The number of piperazine rings is 1. The monoisotopic (exact) mass is 300 g/mol. The second kappa shape index (κ2) is 6.49. The van der Waals surface area contributed by atoms with Crippen molar-refractivity contribution in [2.24, 2.45) is 0 Å². The Morgan fingerprint density at radius 2 is 1.71 bits per heavy atom. The van der Waals surface area contributed by atoms with Gasteiger partial charge in [-0.15, -0.1) is 6.58 Å². The zero-order chi connectivity index (χ0) is 15.5. The van der Waals surface area contributed by atoms with Crippen molar-refractivity contribution in [3.8, 4) is 0 Å². The summed E-state index contributed by atoms with van der Waals surface area (Å²) < 4.78 is 37.6. The Labute approximate surface area is 122 Å². The smallest absolute Gasteiger partial charge is 0.394 e. The number of rotatable bonds is 4. The Morgan fingerprint density at radius 3 is 2.14 bits per heavy atom. The topological polar surface area (TPSA) is 26.7 Å². The lowest BCUT2D eigenvalue weighted by atomic mass is 10.1. The van der Waals surface area contributed by atoms with Crippen LogP contribution in [0.15, 0.2) is 36.9 Å². The Bertz CT molecular complexity index is 465. The molecule has 2 rings (SSSR count). The van der Waals surface area contributed by atoms with Crippen molar-refractivity contribution in [3.63, 3.8) is 0 Å². The van der Waals surface area contributed by atoms with Crippen molar-refractivity contribution >= 4 is 5.69 Å². The number of aliphatic hydroxyl groups is 1. The average Bonchev–Trinajstić information content (AvgIpc) is 2.48. The van der Waals surface area contributed by atoms with E-state index in [1.165, 1.54) is 12.1 Å². The number of benzene rings is 1. The van der Waals surface area contributed by atoms with E-state index < -0.39 is 11.7 Å². The maximum atomic E-state index is 12.5. The summed E-state index contributed by atoms with van der Waals surface area (Å²) in [6, 6.07) is 5.19. The third-order valence-corrected chi connectivity index (χ3v) is 3.80. The van der Waals surface area contributed by atoms with Gasteiger partial charge in [0.2, 0.25) is 0 Å². The van der Waals surface area contributed by atoms with Crippen molar-refractivity contribution in [2.75, 3.05) is 37.7 Å². The summed E-state index contributed by atoms with van der Waals surface area (Å²) in [4.78, 5) is 4.17. The van der Waals surface area contributed by atoms with Crippen LogP contribution >= 0.6 is 0 Å². The first kappa shape index (κ1) is 15.9. The van der Waals surface area contributed by atoms with Crippen molar-refractivity contribution < 1.29 is 18.3 Å². The van der Waals surface area contributed by atoms with Gasteiger partial charge in [0.25, 0.3) is 0 Å². The molecular weight excluding hydrogens is 281 g/mol. The first-order chi connectivity index (χ1) is 9.95. The van der Waals surface area contributed by atoms with Crippen LogP contribution in [0.4, 0.5) is 18.9 Å². The molecule has 3 nitrogen and oxygen atoms in total. The molecule has 0 amide bonds. The predicted octanol–water partition coefficient (Wildman–Crippen LogP) is 2.37. The number of nitrogens with zero attached hydrogens (tertiary/aromatic N) is 2. The van der Waals surface area contributed by atoms with E-state index in [0.29, 0.717) is 0 Å². The van der Waals surface area contributed by atoms with Gasteiger partial charge in [0.1, 0.15) is 0 Å². The minimum atomic E-state index is -4.30. The number of anilines is 1. The average molecular weight is 300 g/mol. The van der Waals surface area contributed by atoms with Crippen LogP contribution in [-0.2, 0) is 6.18 Å². The molecule has 1 heterocycles. The van der Waals surface area contributed by atoms with Crippen molar-refractivity contribution in [3.05, 3.63) is 42.5 Å². The molecule has 1 N–H and O–H groups in total. The standard InChI is InChI=1S/C15H19F3N2O/c1-2-13(11-21)19-7-9-20(10-8-19)14-5-3-12(4-6-14)15(16,17)18/h2-6,13,21H,1,7-11H2. The summed E-state index contributed by atoms with van der Waals surface area (Å²) in [7, 11) is 0. The first-order valence-electron chi connectivity index (χ1n) is 6.85. The Hall–Kier alpha value is -1.53. The third kappa shape index (κ3) is 3.77. The molecule has 1 aromatic rings. The molecule has 0 bridgehead atoms. The molecule has 0 spiro atoms. The normalized spacial score (nSPS) is 18.6. The maximum absolute atomic E-state index is 12.5. The van der Waals surface area contributed by atoms with Crippen molar-refractivity contribution in [1.29, 1.82) is 0 Å². The fourth-order valence-corrected chi connectivity index (χ4v) is 2.51. The molecule has 0 aromatic heterocycles. The molecule has 0 aliphatic carbocycles. The molecule has 1 saturated heterocycles. The van der Waals surface area contributed by atoms with Gasteiger partial charge in [0.05, 0.1) is 18.2 Å². The van der Waals surface area contributed by atoms with Gasteiger partial charge in [-0.3, -0.25) is 4.90 Å². The lowest BCUT2D eigenvalue weighted by Gasteiger charge is -2.38. The largest absolute Gasteiger partial charge is 0.416 e. The number of aliphatic hydroxyl groups excluding tert-OH is 1. The summed E-state index contributed by atoms with van der Waals surface area (Å²) in [5, 5.41) is 9.23. The highest BCUT2D eigenvalue weighted by atomic mass is 19.4. The van der Waals surface area contributed by atoms with Gasteiger partial charge >= 0.3 is 6.18 Å². The first-order valence-corrected chi connectivity index (χ1v) is 6.85. The van der Waals surface area contributed by atoms with Gasteiger partial charge in [0, 0.05) is 31.9 Å². The van der Waals surface area contributed by atoms with Crippen LogP contribution in [0.2, 0.25) is 0 Å². The van der Waals surface area contributed by atoms with Crippen LogP contribution < -0.4 is 4.90 Å². The molecule has 1 aliphatic heterocycles. The van der Waals surface area contributed by atoms with Gasteiger partial charge < -0.3 is 10.0 Å². The maximum Gasteiger partial charge on any atom is 0.416 e. The number of hydrogen-bond donors (Lipinski definition) is 1. The van der Waals surface area contributed by atoms with Crippen LogP contribution in [0.3, 0.4) is 0 Å². The van der Waals surface area contributed by atoms with E-state index >= 15 is 0 Å². The van der Waals surface area contributed by atoms with Crippen LogP contribution in [0.25, 0.3) is 0 Å². The summed E-state index contributed by atoms with van der Waals surface area (Å²) in [6.45, 7) is 6.66. The minimum Gasteiger partial charge on any atom is -0.394 e. The van der Waals surface area contributed by atoms with E-state index in [0.717, 1.165) is 44.0 Å². The zero-order valence-electron chi connectivity index (χ0n) is 11.7. The van der Waals surface area contributed by atoms with E-state index in [1.807, 2.05) is 4.90 Å². The van der Waals surface area contributed by atoms with E-state index in [-0.39, 0.29) is 12.6 Å². The molecule has 1 fully saturated rings.